The molecule has 3 aromatic rings. The molecule has 0 bridgehead atoms. The van der Waals surface area contributed by atoms with Crippen LogP contribution in [0.2, 0.25) is 0 Å². The second-order valence-corrected chi connectivity index (χ2v) is 6.25. The van der Waals surface area contributed by atoms with E-state index in [9.17, 15) is 4.79 Å². The molecule has 1 aliphatic rings. The van der Waals surface area contributed by atoms with Gasteiger partial charge in [0, 0.05) is 6.54 Å². The molecule has 0 saturated carbocycles. The Balaban J connectivity index is 1.38. The molecule has 0 radical (unpaired) electrons. The average Bonchev–Trinajstić information content (AvgIpc) is 3.08. The SMILES string of the molecule is O=c1c2ccccc2ncn1CCCOc1ccc2c(c1)CCC2. The van der Waals surface area contributed by atoms with Crippen LogP contribution in [0.3, 0.4) is 0 Å². The number of nitrogens with zero attached hydrogens (tertiary/aromatic N) is 2. The monoisotopic (exact) mass is 320 g/mol. The molecule has 1 aliphatic carbocycles. The average molecular weight is 320 g/mol. The van der Waals surface area contributed by atoms with E-state index >= 15 is 0 Å². The molecule has 0 unspecified atom stereocenters. The van der Waals surface area contributed by atoms with Crippen molar-refractivity contribution < 1.29 is 4.74 Å². The molecule has 122 valence electrons. The van der Waals surface area contributed by atoms with Crippen molar-refractivity contribution in [2.75, 3.05) is 6.61 Å². The van der Waals surface area contributed by atoms with Gasteiger partial charge in [0.25, 0.3) is 5.56 Å². The van der Waals surface area contributed by atoms with Crippen molar-refractivity contribution in [3.63, 3.8) is 0 Å². The molecule has 0 atom stereocenters. The first-order valence-electron chi connectivity index (χ1n) is 8.50. The summed E-state index contributed by atoms with van der Waals surface area (Å²) in [7, 11) is 0. The summed E-state index contributed by atoms with van der Waals surface area (Å²) in [4.78, 5) is 16.7. The zero-order valence-corrected chi connectivity index (χ0v) is 13.6. The topological polar surface area (TPSA) is 44.1 Å². The molecule has 0 spiro atoms. The van der Waals surface area contributed by atoms with Crippen LogP contribution < -0.4 is 10.3 Å². The lowest BCUT2D eigenvalue weighted by atomic mass is 10.1. The third kappa shape index (κ3) is 2.92. The summed E-state index contributed by atoms with van der Waals surface area (Å²) in [6.07, 6.45) is 5.99. The van der Waals surface area contributed by atoms with Gasteiger partial charge in [-0.2, -0.15) is 0 Å². The maximum absolute atomic E-state index is 12.4. The van der Waals surface area contributed by atoms with Crippen molar-refractivity contribution in [3.05, 3.63) is 70.3 Å². The predicted octanol–water partition coefficient (Wildman–Crippen LogP) is 3.35. The fourth-order valence-electron chi connectivity index (χ4n) is 3.33. The molecule has 0 N–H and O–H groups in total. The van der Waals surface area contributed by atoms with Gasteiger partial charge in [-0.3, -0.25) is 9.36 Å². The van der Waals surface area contributed by atoms with Crippen LogP contribution in [-0.2, 0) is 19.4 Å². The van der Waals surface area contributed by atoms with Gasteiger partial charge in [0.2, 0.25) is 0 Å². The van der Waals surface area contributed by atoms with E-state index in [1.165, 1.54) is 24.0 Å². The molecule has 1 aromatic heterocycles. The minimum absolute atomic E-state index is 0.0122. The highest BCUT2D eigenvalue weighted by atomic mass is 16.5. The van der Waals surface area contributed by atoms with Crippen LogP contribution in [0.4, 0.5) is 0 Å². The van der Waals surface area contributed by atoms with Gasteiger partial charge in [-0.1, -0.05) is 18.2 Å². The number of hydrogen-bond acceptors (Lipinski definition) is 3. The molecule has 4 nitrogen and oxygen atoms in total. The first-order valence-corrected chi connectivity index (χ1v) is 8.50. The molecule has 2 aromatic carbocycles. The quantitative estimate of drug-likeness (QED) is 0.677. The third-order valence-electron chi connectivity index (χ3n) is 4.61. The highest BCUT2D eigenvalue weighted by Crippen LogP contribution is 2.26. The third-order valence-corrected chi connectivity index (χ3v) is 4.61. The van der Waals surface area contributed by atoms with Gasteiger partial charge in [-0.25, -0.2) is 4.98 Å². The van der Waals surface area contributed by atoms with Gasteiger partial charge in [0.05, 0.1) is 23.8 Å². The number of benzene rings is 2. The Labute approximate surface area is 140 Å². The Morgan fingerprint density at radius 3 is 2.92 bits per heavy atom. The Morgan fingerprint density at radius 2 is 1.96 bits per heavy atom. The molecule has 0 fully saturated rings. The number of hydrogen-bond donors (Lipinski definition) is 0. The first kappa shape index (κ1) is 14.9. The second kappa shape index (κ2) is 6.48. The van der Waals surface area contributed by atoms with Crippen molar-refractivity contribution in [1.82, 2.24) is 9.55 Å². The maximum Gasteiger partial charge on any atom is 0.261 e. The molecule has 24 heavy (non-hydrogen) atoms. The number of aromatic nitrogens is 2. The van der Waals surface area contributed by atoms with Crippen molar-refractivity contribution >= 4 is 10.9 Å². The summed E-state index contributed by atoms with van der Waals surface area (Å²) in [6, 6.07) is 13.8. The zero-order valence-electron chi connectivity index (χ0n) is 13.6. The van der Waals surface area contributed by atoms with Crippen LogP contribution in [0, 0.1) is 0 Å². The highest BCUT2D eigenvalue weighted by molar-refractivity contribution is 5.76. The Morgan fingerprint density at radius 1 is 1.08 bits per heavy atom. The number of rotatable bonds is 5. The van der Waals surface area contributed by atoms with E-state index in [-0.39, 0.29) is 5.56 Å². The van der Waals surface area contributed by atoms with E-state index in [2.05, 4.69) is 17.1 Å². The van der Waals surface area contributed by atoms with Crippen LogP contribution in [-0.4, -0.2) is 16.2 Å². The van der Waals surface area contributed by atoms with E-state index < -0.39 is 0 Å². The molecule has 4 rings (SSSR count). The van der Waals surface area contributed by atoms with Gasteiger partial charge >= 0.3 is 0 Å². The van der Waals surface area contributed by atoms with Gasteiger partial charge in [0.15, 0.2) is 0 Å². The van der Waals surface area contributed by atoms with Crippen LogP contribution in [0.1, 0.15) is 24.0 Å². The smallest absolute Gasteiger partial charge is 0.261 e. The van der Waals surface area contributed by atoms with Crippen LogP contribution in [0.5, 0.6) is 5.75 Å². The summed E-state index contributed by atoms with van der Waals surface area (Å²) in [5.74, 6) is 0.930. The number of aryl methyl sites for hydroxylation is 3. The normalized spacial score (nSPS) is 13.2. The Bertz CT molecular complexity index is 930. The van der Waals surface area contributed by atoms with E-state index in [0.29, 0.717) is 18.5 Å². The van der Waals surface area contributed by atoms with Gasteiger partial charge in [-0.15, -0.1) is 0 Å². The van der Waals surface area contributed by atoms with Crippen molar-refractivity contribution in [1.29, 1.82) is 0 Å². The summed E-state index contributed by atoms with van der Waals surface area (Å²) in [5.41, 5.74) is 3.63. The summed E-state index contributed by atoms with van der Waals surface area (Å²) in [6.45, 7) is 1.21. The Kier molecular flexibility index (Phi) is 4.03. The lowest BCUT2D eigenvalue weighted by molar-refractivity contribution is 0.300. The molecule has 1 heterocycles. The lowest BCUT2D eigenvalue weighted by Crippen LogP contribution is -2.21. The minimum atomic E-state index is 0.0122. The molecule has 0 amide bonds. The second-order valence-electron chi connectivity index (χ2n) is 6.25. The van der Waals surface area contributed by atoms with E-state index in [1.807, 2.05) is 30.3 Å². The van der Waals surface area contributed by atoms with Crippen LogP contribution in [0.15, 0.2) is 53.6 Å². The van der Waals surface area contributed by atoms with Crippen molar-refractivity contribution in [3.8, 4) is 5.75 Å². The molecular formula is C20H20N2O2. The maximum atomic E-state index is 12.4. The summed E-state index contributed by atoms with van der Waals surface area (Å²) >= 11 is 0. The summed E-state index contributed by atoms with van der Waals surface area (Å²) < 4.78 is 7.51. The van der Waals surface area contributed by atoms with Gasteiger partial charge in [0.1, 0.15) is 5.75 Å². The highest BCUT2D eigenvalue weighted by Gasteiger charge is 2.11. The van der Waals surface area contributed by atoms with Gasteiger partial charge in [-0.05, 0) is 61.1 Å². The van der Waals surface area contributed by atoms with Crippen molar-refractivity contribution in [2.45, 2.75) is 32.2 Å². The minimum Gasteiger partial charge on any atom is -0.494 e. The first-order chi connectivity index (χ1) is 11.8. The fraction of sp³-hybridized carbons (Fsp3) is 0.300. The fourth-order valence-corrected chi connectivity index (χ4v) is 3.33. The Hall–Kier alpha value is -2.62. The lowest BCUT2D eigenvalue weighted by Gasteiger charge is -2.09. The van der Waals surface area contributed by atoms with E-state index in [4.69, 9.17) is 4.74 Å². The largest absolute Gasteiger partial charge is 0.494 e. The zero-order chi connectivity index (χ0) is 16.4. The molecule has 0 aliphatic heterocycles. The number of fused-ring (bicyclic) bond motifs is 2. The number of ether oxygens (including phenoxy) is 1. The number of para-hydroxylation sites is 1. The molecule has 0 saturated heterocycles. The van der Waals surface area contributed by atoms with E-state index in [1.54, 1.807) is 10.9 Å². The van der Waals surface area contributed by atoms with Crippen molar-refractivity contribution in [2.24, 2.45) is 0 Å². The predicted molar refractivity (Wildman–Crippen MR) is 94.6 cm³/mol. The standard InChI is InChI=1S/C20H20N2O2/c23-20-18-7-1-2-8-19(18)21-14-22(20)11-4-12-24-17-10-9-15-5-3-6-16(15)13-17/h1-2,7-10,13-14H,3-6,11-12H2. The van der Waals surface area contributed by atoms with Gasteiger partial charge < -0.3 is 4.74 Å². The van der Waals surface area contributed by atoms with Crippen LogP contribution >= 0.6 is 0 Å². The molecular weight excluding hydrogens is 300 g/mol. The molecule has 4 heteroatoms. The summed E-state index contributed by atoms with van der Waals surface area (Å²) in [5, 5.41) is 0.666. The van der Waals surface area contributed by atoms with Crippen LogP contribution in [0.25, 0.3) is 10.9 Å². The van der Waals surface area contributed by atoms with E-state index in [0.717, 1.165) is 24.1 Å².